The van der Waals surface area contributed by atoms with Gasteiger partial charge in [-0.15, -0.1) is 0 Å². The Morgan fingerprint density at radius 3 is 2.56 bits per heavy atom. The summed E-state index contributed by atoms with van der Waals surface area (Å²) in [4.78, 5) is 2.42. The van der Waals surface area contributed by atoms with Gasteiger partial charge in [0.1, 0.15) is 5.75 Å². The lowest BCUT2D eigenvalue weighted by Crippen LogP contribution is -2.43. The number of hydrogen-bond donors (Lipinski definition) is 2. The molecule has 0 atom stereocenters. The number of phenols is 1. The molecule has 2 rings (SSSR count). The second-order valence-electron chi connectivity index (χ2n) is 4.04. The SMILES string of the molecule is Oc1ccc(C=CCN2CCNCC2)cc1. The standard InChI is InChI=1S/C13H18N2O/c16-13-5-3-12(4-6-13)2-1-9-15-10-7-14-8-11-15/h1-6,14,16H,7-11H2. The molecule has 1 aliphatic heterocycles. The third-order valence-electron chi connectivity index (χ3n) is 2.78. The first-order chi connectivity index (χ1) is 7.84. The van der Waals surface area contributed by atoms with Crippen LogP contribution in [0.1, 0.15) is 5.56 Å². The van der Waals surface area contributed by atoms with Gasteiger partial charge in [-0.3, -0.25) is 4.90 Å². The summed E-state index contributed by atoms with van der Waals surface area (Å²) in [5.41, 5.74) is 1.13. The van der Waals surface area contributed by atoms with E-state index >= 15 is 0 Å². The highest BCUT2D eigenvalue weighted by molar-refractivity contribution is 5.50. The number of nitrogens with one attached hydrogen (secondary N) is 1. The molecule has 86 valence electrons. The largest absolute Gasteiger partial charge is 0.508 e. The highest BCUT2D eigenvalue weighted by atomic mass is 16.3. The third-order valence-corrected chi connectivity index (χ3v) is 2.78. The number of piperazine rings is 1. The quantitative estimate of drug-likeness (QED) is 0.803. The normalized spacial score (nSPS) is 18.0. The molecule has 0 bridgehead atoms. The highest BCUT2D eigenvalue weighted by Crippen LogP contribution is 2.10. The molecule has 1 aromatic rings. The lowest BCUT2D eigenvalue weighted by molar-refractivity contribution is 0.265. The highest BCUT2D eigenvalue weighted by Gasteiger charge is 2.06. The van der Waals surface area contributed by atoms with Crippen LogP contribution >= 0.6 is 0 Å². The van der Waals surface area contributed by atoms with Crippen LogP contribution in [0.5, 0.6) is 5.75 Å². The minimum absolute atomic E-state index is 0.319. The lowest BCUT2D eigenvalue weighted by atomic mass is 10.2. The predicted octanol–water partition coefficient (Wildman–Crippen LogP) is 1.31. The van der Waals surface area contributed by atoms with Gasteiger partial charge < -0.3 is 10.4 Å². The lowest BCUT2D eigenvalue weighted by Gasteiger charge is -2.25. The van der Waals surface area contributed by atoms with Crippen LogP contribution < -0.4 is 5.32 Å². The van der Waals surface area contributed by atoms with Gasteiger partial charge in [0, 0.05) is 32.7 Å². The van der Waals surface area contributed by atoms with Crippen LogP contribution in [0, 0.1) is 0 Å². The van der Waals surface area contributed by atoms with Crippen LogP contribution in [-0.2, 0) is 0 Å². The molecule has 0 amide bonds. The molecular weight excluding hydrogens is 200 g/mol. The van der Waals surface area contributed by atoms with Gasteiger partial charge in [0.05, 0.1) is 0 Å². The average molecular weight is 218 g/mol. The van der Waals surface area contributed by atoms with Crippen molar-refractivity contribution >= 4 is 6.08 Å². The van der Waals surface area contributed by atoms with Gasteiger partial charge in [0.15, 0.2) is 0 Å². The van der Waals surface area contributed by atoms with E-state index < -0.39 is 0 Å². The Kier molecular flexibility index (Phi) is 3.97. The summed E-state index contributed by atoms with van der Waals surface area (Å²) in [6.07, 6.45) is 4.28. The number of nitrogens with zero attached hydrogens (tertiary/aromatic N) is 1. The predicted molar refractivity (Wildman–Crippen MR) is 66.5 cm³/mol. The van der Waals surface area contributed by atoms with Crippen molar-refractivity contribution in [2.24, 2.45) is 0 Å². The summed E-state index contributed by atoms with van der Waals surface area (Å²) in [7, 11) is 0. The topological polar surface area (TPSA) is 35.5 Å². The minimum Gasteiger partial charge on any atom is -0.508 e. The maximum atomic E-state index is 9.15. The van der Waals surface area contributed by atoms with Crippen molar-refractivity contribution in [1.82, 2.24) is 10.2 Å². The average Bonchev–Trinajstić information content (AvgIpc) is 2.33. The summed E-state index contributed by atoms with van der Waals surface area (Å²) in [6, 6.07) is 7.27. The zero-order valence-corrected chi connectivity index (χ0v) is 9.39. The van der Waals surface area contributed by atoms with Crippen molar-refractivity contribution < 1.29 is 5.11 Å². The van der Waals surface area contributed by atoms with E-state index in [4.69, 9.17) is 5.11 Å². The van der Waals surface area contributed by atoms with Crippen molar-refractivity contribution in [1.29, 1.82) is 0 Å². The Bertz CT molecular complexity index is 339. The number of phenolic OH excluding ortho intramolecular Hbond substituents is 1. The summed E-state index contributed by atoms with van der Waals surface area (Å²) in [5.74, 6) is 0.319. The van der Waals surface area contributed by atoms with Crippen LogP contribution in [0.2, 0.25) is 0 Å². The number of benzene rings is 1. The van der Waals surface area contributed by atoms with E-state index in [2.05, 4.69) is 22.4 Å². The van der Waals surface area contributed by atoms with E-state index in [0.29, 0.717) is 5.75 Å². The molecule has 1 heterocycles. The molecule has 1 aliphatic rings. The van der Waals surface area contributed by atoms with Gasteiger partial charge in [0.2, 0.25) is 0 Å². The van der Waals surface area contributed by atoms with E-state index in [1.54, 1.807) is 12.1 Å². The van der Waals surface area contributed by atoms with Crippen molar-refractivity contribution in [3.8, 4) is 5.75 Å². The molecule has 0 radical (unpaired) electrons. The fourth-order valence-electron chi connectivity index (χ4n) is 1.82. The molecule has 1 aromatic carbocycles. The van der Waals surface area contributed by atoms with Crippen LogP contribution in [0.25, 0.3) is 6.08 Å². The molecule has 0 aliphatic carbocycles. The van der Waals surface area contributed by atoms with E-state index in [1.165, 1.54) is 0 Å². The third kappa shape index (κ3) is 3.36. The molecule has 3 heteroatoms. The molecule has 2 N–H and O–H groups in total. The molecule has 1 saturated heterocycles. The number of hydrogen-bond acceptors (Lipinski definition) is 3. The fraction of sp³-hybridized carbons (Fsp3) is 0.385. The maximum absolute atomic E-state index is 9.15. The maximum Gasteiger partial charge on any atom is 0.115 e. The summed E-state index contributed by atoms with van der Waals surface area (Å²) < 4.78 is 0. The molecule has 3 nitrogen and oxygen atoms in total. The second-order valence-corrected chi connectivity index (χ2v) is 4.04. The van der Waals surface area contributed by atoms with E-state index in [9.17, 15) is 0 Å². The zero-order chi connectivity index (χ0) is 11.2. The van der Waals surface area contributed by atoms with Gasteiger partial charge in [-0.05, 0) is 17.7 Å². The Morgan fingerprint density at radius 1 is 1.19 bits per heavy atom. The first kappa shape index (κ1) is 11.2. The molecular formula is C13H18N2O. The van der Waals surface area contributed by atoms with E-state index in [-0.39, 0.29) is 0 Å². The Balaban J connectivity index is 1.82. The minimum atomic E-state index is 0.319. The molecule has 0 unspecified atom stereocenters. The molecule has 1 fully saturated rings. The molecule has 0 saturated carbocycles. The van der Waals surface area contributed by atoms with E-state index in [0.717, 1.165) is 38.3 Å². The second kappa shape index (κ2) is 5.68. The summed E-state index contributed by atoms with van der Waals surface area (Å²) in [6.45, 7) is 5.43. The van der Waals surface area contributed by atoms with Gasteiger partial charge in [0.25, 0.3) is 0 Å². The van der Waals surface area contributed by atoms with Crippen molar-refractivity contribution in [2.45, 2.75) is 0 Å². The van der Waals surface area contributed by atoms with Crippen LogP contribution in [0.3, 0.4) is 0 Å². The zero-order valence-electron chi connectivity index (χ0n) is 9.39. The van der Waals surface area contributed by atoms with Gasteiger partial charge in [-0.25, -0.2) is 0 Å². The Labute approximate surface area is 96.4 Å². The first-order valence-electron chi connectivity index (χ1n) is 5.73. The van der Waals surface area contributed by atoms with Gasteiger partial charge in [-0.2, -0.15) is 0 Å². The summed E-state index contributed by atoms with van der Waals surface area (Å²) >= 11 is 0. The molecule has 0 aromatic heterocycles. The summed E-state index contributed by atoms with van der Waals surface area (Å²) in [5, 5.41) is 12.5. The number of aromatic hydroxyl groups is 1. The van der Waals surface area contributed by atoms with Crippen LogP contribution in [0.4, 0.5) is 0 Å². The Hall–Kier alpha value is -1.32. The number of rotatable bonds is 3. The smallest absolute Gasteiger partial charge is 0.115 e. The van der Waals surface area contributed by atoms with Crippen molar-refractivity contribution in [3.05, 3.63) is 35.9 Å². The van der Waals surface area contributed by atoms with Gasteiger partial charge >= 0.3 is 0 Å². The van der Waals surface area contributed by atoms with Crippen LogP contribution in [-0.4, -0.2) is 42.7 Å². The molecule has 0 spiro atoms. The monoisotopic (exact) mass is 218 g/mol. The molecule has 16 heavy (non-hydrogen) atoms. The van der Waals surface area contributed by atoms with Crippen molar-refractivity contribution in [2.75, 3.05) is 32.7 Å². The van der Waals surface area contributed by atoms with Gasteiger partial charge in [-0.1, -0.05) is 24.3 Å². The van der Waals surface area contributed by atoms with E-state index in [1.807, 2.05) is 12.1 Å². The first-order valence-corrected chi connectivity index (χ1v) is 5.73. The fourth-order valence-corrected chi connectivity index (χ4v) is 1.82. The van der Waals surface area contributed by atoms with Crippen LogP contribution in [0.15, 0.2) is 30.3 Å². The Morgan fingerprint density at radius 2 is 1.88 bits per heavy atom. The van der Waals surface area contributed by atoms with Crippen molar-refractivity contribution in [3.63, 3.8) is 0 Å².